The van der Waals surface area contributed by atoms with Gasteiger partial charge in [-0.05, 0) is 48.5 Å². The summed E-state index contributed by atoms with van der Waals surface area (Å²) in [6.45, 7) is -0.551. The average molecular weight is 1110 g/mol. The molecule has 0 saturated heterocycles. The van der Waals surface area contributed by atoms with Crippen LogP contribution in [0.2, 0.25) is 0 Å². The Balaban J connectivity index is 0.000000391. The van der Waals surface area contributed by atoms with Gasteiger partial charge in [0.2, 0.25) is 0 Å². The van der Waals surface area contributed by atoms with Crippen molar-refractivity contribution < 1.29 is 201 Å². The van der Waals surface area contributed by atoms with Crippen molar-refractivity contribution in [2.75, 3.05) is 23.8 Å². The standard InChI is InChI=1S/C25H22N2O9.C24H16N2O12.4Na/c1-26-14-5-3-7-20(22(14)18(29)9-16(26)24(31)32)35-11-13(28)12-36-21-8-4-6-15-23(21)19(30)10-17(25(33)34)27(15)2;27-11-7-15(23(33)34)37-13-5-1-3-9(17(11)13)25-21(31)19(29)20(30)22(32)26-10-4-2-6-14-18(10)12(28)8-16(38-14)24(35)36;;;;/h3-10,13,28H,11-12H2,1-2H3,(H,31,32)(H,33,34);1-8,19-20,29-30H,(H,25,31)(H,26,32)(H,33,34)(H,35,36);;;;/q;;4*+1/p-4. The van der Waals surface area contributed by atoms with E-state index < -0.39 is 87.2 Å². The van der Waals surface area contributed by atoms with Gasteiger partial charge in [-0.1, -0.05) is 24.3 Å². The van der Waals surface area contributed by atoms with Crippen LogP contribution in [0, 0.1) is 0 Å². The van der Waals surface area contributed by atoms with Crippen LogP contribution >= 0.6 is 0 Å². The van der Waals surface area contributed by atoms with Crippen molar-refractivity contribution in [3.63, 3.8) is 0 Å². The van der Waals surface area contributed by atoms with E-state index in [0.29, 0.717) is 23.2 Å². The summed E-state index contributed by atoms with van der Waals surface area (Å²) in [6.07, 6.45) is -5.93. The van der Waals surface area contributed by atoms with Gasteiger partial charge in [0.1, 0.15) is 53.9 Å². The normalized spacial score (nSPS) is 11.3. The maximum absolute atomic E-state index is 12.5. The molecule has 8 rings (SSSR count). The third-order valence-electron chi connectivity index (χ3n) is 11.0. The smallest absolute Gasteiger partial charge is 0.543 e. The molecule has 4 heterocycles. The van der Waals surface area contributed by atoms with Crippen molar-refractivity contribution in [2.24, 2.45) is 14.1 Å². The predicted molar refractivity (Wildman–Crippen MR) is 247 cm³/mol. The first-order valence-electron chi connectivity index (χ1n) is 21.2. The zero-order valence-electron chi connectivity index (χ0n) is 42.0. The van der Waals surface area contributed by atoms with E-state index in [1.807, 2.05) is 0 Å². The number of anilines is 2. The molecular weight excluding hydrogens is 1070 g/mol. The molecule has 0 aliphatic rings. The summed E-state index contributed by atoms with van der Waals surface area (Å²) in [6, 6.07) is 20.0. The van der Waals surface area contributed by atoms with Crippen molar-refractivity contribution in [1.82, 2.24) is 9.13 Å². The van der Waals surface area contributed by atoms with Crippen LogP contribution in [-0.4, -0.2) is 91.7 Å². The van der Waals surface area contributed by atoms with Crippen molar-refractivity contribution in [2.45, 2.75) is 18.3 Å². The number of amides is 2. The number of nitrogens with one attached hydrogen (secondary N) is 2. The fourth-order valence-electron chi connectivity index (χ4n) is 7.52. The van der Waals surface area contributed by atoms with E-state index in [4.69, 9.17) is 18.3 Å². The van der Waals surface area contributed by atoms with Crippen molar-refractivity contribution in [1.29, 1.82) is 0 Å². The average Bonchev–Trinajstić information content (AvgIpc) is 3.36. The number of aromatic nitrogens is 2. The first kappa shape index (κ1) is 66.3. The Morgan fingerprint density at radius 2 is 0.833 bits per heavy atom. The molecule has 5 N–H and O–H groups in total. The molecule has 0 spiro atoms. The zero-order chi connectivity index (χ0) is 53.9. The molecule has 0 aliphatic carbocycles. The van der Waals surface area contributed by atoms with Gasteiger partial charge in [0.15, 0.2) is 45.4 Å². The number of hydrogen-bond donors (Lipinski definition) is 5. The summed E-state index contributed by atoms with van der Waals surface area (Å²) in [7, 11) is 2.95. The summed E-state index contributed by atoms with van der Waals surface area (Å²) in [5.41, 5.74) is -3.69. The number of carbonyl (C=O) groups excluding carboxylic acids is 6. The second-order valence-corrected chi connectivity index (χ2v) is 15.8. The van der Waals surface area contributed by atoms with Gasteiger partial charge >= 0.3 is 118 Å². The van der Waals surface area contributed by atoms with E-state index in [1.54, 1.807) is 24.3 Å². The fourth-order valence-corrected chi connectivity index (χ4v) is 7.52. The number of fused-ring (bicyclic) bond motifs is 4. The molecule has 78 heavy (non-hydrogen) atoms. The largest absolute Gasteiger partial charge is 1.00 e. The number of aliphatic hydroxyl groups excluding tert-OH is 3. The summed E-state index contributed by atoms with van der Waals surface area (Å²) in [5.74, 6) is -10.3. The van der Waals surface area contributed by atoms with E-state index in [0.717, 1.165) is 12.1 Å². The summed E-state index contributed by atoms with van der Waals surface area (Å²) in [4.78, 5) is 119. The SMILES string of the molecule is Cn1c(C(=O)[O-])cc(=O)c2c(OCC(O)COc3cccc4c3c(=O)cc(C(=O)[O-])n4C)cccc21.O=C([O-])c1cc(=O)c2c(NC(=O)C(O)C(O)C(=O)Nc3cccc4oc(C(=O)[O-])cc(=O)c34)cccc2o1.[Na+].[Na+].[Na+].[Na+]. The number of aryl methyl sites for hydroxylation is 2. The van der Waals surface area contributed by atoms with E-state index in [-0.39, 0.29) is 198 Å². The summed E-state index contributed by atoms with van der Waals surface area (Å²) in [5, 5.41) is 79.5. The second-order valence-electron chi connectivity index (χ2n) is 15.8. The molecule has 8 aromatic rings. The number of rotatable bonds is 15. The van der Waals surface area contributed by atoms with Crippen LogP contribution in [0.1, 0.15) is 42.1 Å². The van der Waals surface area contributed by atoms with Crippen molar-refractivity contribution in [3.8, 4) is 11.5 Å². The zero-order valence-corrected chi connectivity index (χ0v) is 50.0. The van der Waals surface area contributed by atoms with Gasteiger partial charge in [0.25, 0.3) is 11.8 Å². The van der Waals surface area contributed by atoms with E-state index in [9.17, 15) is 83.7 Å². The maximum Gasteiger partial charge on any atom is 1.00 e. The molecule has 4 aromatic carbocycles. The number of pyridine rings is 2. The van der Waals surface area contributed by atoms with Crippen LogP contribution in [0.15, 0.2) is 125 Å². The van der Waals surface area contributed by atoms with Crippen LogP contribution in [-0.2, 0) is 23.7 Å². The Bertz CT molecular complexity index is 3660. The minimum atomic E-state index is -2.38. The molecule has 25 nitrogen and oxygen atoms in total. The Morgan fingerprint density at radius 3 is 1.17 bits per heavy atom. The van der Waals surface area contributed by atoms with Gasteiger partial charge in [-0.15, -0.1) is 0 Å². The Labute approximate surface area is 524 Å². The summed E-state index contributed by atoms with van der Waals surface area (Å²) >= 11 is 0. The number of carboxylic acids is 4. The maximum atomic E-state index is 12.5. The molecule has 2 unspecified atom stereocenters. The van der Waals surface area contributed by atoms with E-state index in [2.05, 4.69) is 10.6 Å². The van der Waals surface area contributed by atoms with Crippen LogP contribution in [0.25, 0.3) is 43.7 Å². The van der Waals surface area contributed by atoms with Crippen LogP contribution in [0.5, 0.6) is 11.5 Å². The molecule has 2 atom stereocenters. The van der Waals surface area contributed by atoms with Gasteiger partial charge in [-0.25, -0.2) is 0 Å². The minimum Gasteiger partial charge on any atom is -0.543 e. The van der Waals surface area contributed by atoms with E-state index in [1.165, 1.54) is 71.8 Å². The molecule has 0 aliphatic heterocycles. The summed E-state index contributed by atoms with van der Waals surface area (Å²) < 4.78 is 24.0. The first-order chi connectivity index (χ1) is 35.1. The number of nitrogens with zero attached hydrogens (tertiary/aromatic N) is 2. The van der Waals surface area contributed by atoms with Gasteiger partial charge in [-0.3, -0.25) is 28.8 Å². The Hall–Kier alpha value is -5.98. The Kier molecular flexibility index (Phi) is 24.0. The molecular formula is C49H34N4Na4O21. The topological polar surface area (TPSA) is 402 Å². The van der Waals surface area contributed by atoms with Crippen LogP contribution in [0.4, 0.5) is 11.4 Å². The number of hydrogen-bond acceptors (Lipinski definition) is 21. The van der Waals surface area contributed by atoms with Crippen LogP contribution in [0.3, 0.4) is 0 Å². The molecule has 0 saturated carbocycles. The van der Waals surface area contributed by atoms with Crippen molar-refractivity contribution in [3.05, 3.63) is 161 Å². The molecule has 380 valence electrons. The van der Waals surface area contributed by atoms with Gasteiger partial charge in [0.05, 0.1) is 67.3 Å². The molecule has 4 aromatic heterocycles. The van der Waals surface area contributed by atoms with Gasteiger partial charge < -0.3 is 93.0 Å². The van der Waals surface area contributed by atoms with Gasteiger partial charge in [-0.2, -0.15) is 0 Å². The molecule has 0 radical (unpaired) electrons. The second kappa shape index (κ2) is 28.3. The quantitative estimate of drug-likeness (QED) is 0.0595. The number of ether oxygens (including phenoxy) is 2. The fraction of sp³-hybridized carbons (Fsp3) is 0.143. The molecule has 0 fully saturated rings. The molecule has 29 heteroatoms. The third-order valence-corrected chi connectivity index (χ3v) is 11.0. The predicted octanol–water partition coefficient (Wildman–Crippen LogP) is -15.1. The minimum absolute atomic E-state index is 0. The molecule has 2 amide bonds. The van der Waals surface area contributed by atoms with E-state index >= 15 is 0 Å². The number of benzene rings is 4. The molecule has 0 bridgehead atoms. The van der Waals surface area contributed by atoms with Crippen LogP contribution < -0.4 is 180 Å². The number of aromatic carboxylic acids is 4. The third kappa shape index (κ3) is 14.4. The first-order valence-corrected chi connectivity index (χ1v) is 21.2. The number of carbonyl (C=O) groups is 6. The van der Waals surface area contributed by atoms with Gasteiger partial charge in [0, 0.05) is 38.4 Å². The Morgan fingerprint density at radius 1 is 0.500 bits per heavy atom. The van der Waals surface area contributed by atoms with Crippen molar-refractivity contribution >= 4 is 90.8 Å². The monoisotopic (exact) mass is 1110 g/mol. The number of carboxylic acid groups (broad SMARTS) is 4. The number of aliphatic hydroxyl groups is 3.